The van der Waals surface area contributed by atoms with E-state index in [0.29, 0.717) is 5.75 Å². The quantitative estimate of drug-likeness (QED) is 0.782. The summed E-state index contributed by atoms with van der Waals surface area (Å²) in [6, 6.07) is 7.83. The fourth-order valence-electron chi connectivity index (χ4n) is 1.85. The highest BCUT2D eigenvalue weighted by Crippen LogP contribution is 2.34. The van der Waals surface area contributed by atoms with E-state index in [9.17, 15) is 8.42 Å². The van der Waals surface area contributed by atoms with Gasteiger partial charge in [0, 0.05) is 6.42 Å². The summed E-state index contributed by atoms with van der Waals surface area (Å²) in [6.07, 6.45) is -0.00453. The van der Waals surface area contributed by atoms with E-state index in [0.717, 1.165) is 0 Å². The number of rotatable bonds is 5. The number of hydrogen-bond donors (Lipinski definition) is 0. The third kappa shape index (κ3) is 3.09. The molecule has 1 atom stereocenters. The van der Waals surface area contributed by atoms with Gasteiger partial charge in [-0.1, -0.05) is 13.8 Å². The van der Waals surface area contributed by atoms with Crippen molar-refractivity contribution in [1.29, 1.82) is 5.26 Å². The van der Waals surface area contributed by atoms with Crippen LogP contribution in [0.3, 0.4) is 0 Å². The van der Waals surface area contributed by atoms with Gasteiger partial charge < -0.3 is 4.74 Å². The molecule has 0 radical (unpaired) electrons. The van der Waals surface area contributed by atoms with Gasteiger partial charge in [-0.15, -0.1) is 0 Å². The Morgan fingerprint density at radius 1 is 1.40 bits per heavy atom. The number of benzene rings is 1. The number of ether oxygens (including phenoxy) is 1. The summed E-state index contributed by atoms with van der Waals surface area (Å²) in [7, 11) is -2.33. The molecule has 1 rings (SSSR count). The van der Waals surface area contributed by atoms with Gasteiger partial charge in [0.25, 0.3) is 9.84 Å². The van der Waals surface area contributed by atoms with Crippen LogP contribution in [0.4, 0.5) is 0 Å². The normalized spacial score (nSPS) is 13.1. The molecule has 20 heavy (non-hydrogen) atoms. The van der Waals surface area contributed by atoms with Crippen molar-refractivity contribution in [2.75, 3.05) is 7.11 Å². The third-order valence-corrected chi connectivity index (χ3v) is 5.26. The first-order valence-electron chi connectivity index (χ1n) is 5.91. The smallest absolute Gasteiger partial charge is 0.331 e. The topological polar surface area (TPSA) is 71.5 Å². The summed E-state index contributed by atoms with van der Waals surface area (Å²) in [5.41, 5.74) is -0.935. The van der Waals surface area contributed by atoms with Gasteiger partial charge in [0.15, 0.2) is 0 Å². The van der Waals surface area contributed by atoms with Gasteiger partial charge in [-0.25, -0.2) is 15.0 Å². The van der Waals surface area contributed by atoms with Gasteiger partial charge in [0.2, 0.25) is 0 Å². The van der Waals surface area contributed by atoms with Crippen molar-refractivity contribution < 1.29 is 13.2 Å². The number of hydrogen-bond acceptors (Lipinski definition) is 4. The van der Waals surface area contributed by atoms with Crippen LogP contribution in [0.25, 0.3) is 4.85 Å². The summed E-state index contributed by atoms with van der Waals surface area (Å²) >= 11 is 0. The van der Waals surface area contributed by atoms with E-state index >= 15 is 0 Å². The molecule has 0 bridgehead atoms. The molecular weight excluding hydrogens is 276 g/mol. The predicted molar refractivity (Wildman–Crippen MR) is 74.6 cm³/mol. The van der Waals surface area contributed by atoms with Crippen LogP contribution in [0.15, 0.2) is 29.2 Å². The maximum atomic E-state index is 12.5. The Balaban J connectivity index is 3.26. The van der Waals surface area contributed by atoms with Crippen molar-refractivity contribution in [1.82, 2.24) is 0 Å². The Labute approximate surface area is 119 Å². The average molecular weight is 292 g/mol. The molecule has 1 unspecified atom stereocenters. The van der Waals surface area contributed by atoms with Crippen LogP contribution in [0, 0.1) is 23.3 Å². The SMILES string of the molecule is [C-]#[N+]C(C(C)(C)CC#N)S(=O)(=O)c1ccc(OC)cc1. The average Bonchev–Trinajstić information content (AvgIpc) is 2.38. The van der Waals surface area contributed by atoms with Gasteiger partial charge in [-0.2, -0.15) is 5.26 Å². The number of nitrogens with zero attached hydrogens (tertiary/aromatic N) is 2. The molecule has 6 heteroatoms. The van der Waals surface area contributed by atoms with Crippen molar-refractivity contribution in [3.05, 3.63) is 35.7 Å². The summed E-state index contributed by atoms with van der Waals surface area (Å²) in [5.74, 6) is 0.541. The maximum Gasteiger partial charge on any atom is 0.331 e. The second-order valence-corrected chi connectivity index (χ2v) is 7.03. The summed E-state index contributed by atoms with van der Waals surface area (Å²) < 4.78 is 30.0. The Hall–Kier alpha value is -2.05. The molecule has 0 saturated heterocycles. The van der Waals surface area contributed by atoms with Crippen LogP contribution in [0.2, 0.25) is 0 Å². The fourth-order valence-corrected chi connectivity index (χ4v) is 3.68. The van der Waals surface area contributed by atoms with Crippen molar-refractivity contribution in [3.8, 4) is 11.8 Å². The zero-order valence-electron chi connectivity index (χ0n) is 11.6. The van der Waals surface area contributed by atoms with Crippen LogP contribution in [-0.4, -0.2) is 20.9 Å². The number of nitriles is 1. The molecule has 1 aromatic carbocycles. The van der Waals surface area contributed by atoms with Crippen molar-refractivity contribution >= 4 is 9.84 Å². The summed E-state index contributed by atoms with van der Waals surface area (Å²) in [6.45, 7) is 10.4. The maximum absolute atomic E-state index is 12.5. The molecule has 1 aromatic rings. The van der Waals surface area contributed by atoms with Crippen molar-refractivity contribution in [2.45, 2.75) is 30.5 Å². The highest BCUT2D eigenvalue weighted by Gasteiger charge is 2.46. The Morgan fingerprint density at radius 2 is 1.95 bits per heavy atom. The lowest BCUT2D eigenvalue weighted by atomic mass is 9.90. The minimum Gasteiger partial charge on any atom is -0.497 e. The Bertz CT molecular complexity index is 649. The molecular formula is C14H16N2O3S. The van der Waals surface area contributed by atoms with Gasteiger partial charge in [0.05, 0.1) is 23.5 Å². The summed E-state index contributed by atoms with van der Waals surface area (Å²) in [4.78, 5) is 3.31. The molecule has 0 spiro atoms. The van der Waals surface area contributed by atoms with Crippen molar-refractivity contribution in [2.24, 2.45) is 5.41 Å². The predicted octanol–water partition coefficient (Wildman–Crippen LogP) is 2.65. The lowest BCUT2D eigenvalue weighted by Crippen LogP contribution is -2.33. The van der Waals surface area contributed by atoms with E-state index in [4.69, 9.17) is 16.6 Å². The third-order valence-electron chi connectivity index (χ3n) is 3.00. The molecule has 106 valence electrons. The second-order valence-electron chi connectivity index (χ2n) is 5.03. The van der Waals surface area contributed by atoms with Gasteiger partial charge in [-0.3, -0.25) is 4.85 Å². The summed E-state index contributed by atoms with van der Waals surface area (Å²) in [5, 5.41) is 7.50. The van der Waals surface area contributed by atoms with Crippen LogP contribution < -0.4 is 4.74 Å². The molecule has 0 aliphatic heterocycles. The fraction of sp³-hybridized carbons (Fsp3) is 0.429. The van der Waals surface area contributed by atoms with E-state index in [1.165, 1.54) is 31.4 Å². The minimum atomic E-state index is -3.82. The van der Waals surface area contributed by atoms with Crippen LogP contribution in [-0.2, 0) is 9.84 Å². The molecule has 0 aliphatic carbocycles. The van der Waals surface area contributed by atoms with Crippen LogP contribution in [0.5, 0.6) is 5.75 Å². The molecule has 0 heterocycles. The highest BCUT2D eigenvalue weighted by atomic mass is 32.2. The molecule has 0 fully saturated rings. The first-order chi connectivity index (χ1) is 9.29. The first kappa shape index (κ1) is 16.0. The second kappa shape index (κ2) is 5.94. The van der Waals surface area contributed by atoms with Crippen molar-refractivity contribution in [3.63, 3.8) is 0 Å². The van der Waals surface area contributed by atoms with Gasteiger partial charge >= 0.3 is 5.37 Å². The number of methoxy groups -OCH3 is 1. The zero-order valence-corrected chi connectivity index (χ0v) is 12.4. The number of sulfone groups is 1. The zero-order chi connectivity index (χ0) is 15.4. The molecule has 0 saturated carbocycles. The molecule has 0 aliphatic rings. The van der Waals surface area contributed by atoms with E-state index in [2.05, 4.69) is 4.85 Å². The van der Waals surface area contributed by atoms with E-state index in [1.54, 1.807) is 13.8 Å². The lowest BCUT2D eigenvalue weighted by Gasteiger charge is -2.22. The standard InChI is InChI=1S/C14H16N2O3S/c1-14(2,9-10-15)13(16-3)20(17,18)12-7-5-11(19-4)6-8-12/h5-8,13H,9H2,1-2,4H3. The molecule has 5 nitrogen and oxygen atoms in total. The van der Waals surface area contributed by atoms with E-state index in [1.807, 2.05) is 6.07 Å². The van der Waals surface area contributed by atoms with E-state index in [-0.39, 0.29) is 11.3 Å². The monoisotopic (exact) mass is 292 g/mol. The minimum absolute atomic E-state index is 0.00453. The Morgan fingerprint density at radius 3 is 2.35 bits per heavy atom. The van der Waals surface area contributed by atoms with E-state index < -0.39 is 20.6 Å². The molecule has 0 amide bonds. The molecule has 0 aromatic heterocycles. The largest absolute Gasteiger partial charge is 0.497 e. The van der Waals surface area contributed by atoms with Gasteiger partial charge in [0.1, 0.15) is 5.75 Å². The Kier molecular flexibility index (Phi) is 4.75. The highest BCUT2D eigenvalue weighted by molar-refractivity contribution is 7.92. The molecule has 0 N–H and O–H groups in total. The first-order valence-corrected chi connectivity index (χ1v) is 7.45. The van der Waals surface area contributed by atoms with Crippen LogP contribution >= 0.6 is 0 Å². The van der Waals surface area contributed by atoms with Crippen LogP contribution in [0.1, 0.15) is 20.3 Å². The van der Waals surface area contributed by atoms with Gasteiger partial charge in [-0.05, 0) is 24.3 Å². The lowest BCUT2D eigenvalue weighted by molar-refractivity contribution is 0.376.